The van der Waals surface area contributed by atoms with Crippen molar-refractivity contribution in [1.82, 2.24) is 0 Å². The number of carbonyl (C=O) groups excluding carboxylic acids is 1. The molecule has 1 heterocycles. The summed E-state index contributed by atoms with van der Waals surface area (Å²) < 4.78 is 18.9. The predicted molar refractivity (Wildman–Crippen MR) is 87.5 cm³/mol. The third-order valence-electron chi connectivity index (χ3n) is 3.64. The van der Waals surface area contributed by atoms with Gasteiger partial charge in [0.1, 0.15) is 5.82 Å². The zero-order valence-corrected chi connectivity index (χ0v) is 12.9. The molecule has 0 saturated heterocycles. The van der Waals surface area contributed by atoms with Gasteiger partial charge in [-0.1, -0.05) is 44.2 Å². The van der Waals surface area contributed by atoms with Gasteiger partial charge in [-0.3, -0.25) is 0 Å². The van der Waals surface area contributed by atoms with Crippen LogP contribution in [0.25, 0.3) is 6.08 Å². The molecule has 23 heavy (non-hydrogen) atoms. The van der Waals surface area contributed by atoms with E-state index >= 15 is 0 Å². The number of hydrogen-bond donors (Lipinski definition) is 0. The molecule has 2 aromatic rings. The topological polar surface area (TPSA) is 38.7 Å². The first-order valence-corrected chi connectivity index (χ1v) is 7.42. The first-order valence-electron chi connectivity index (χ1n) is 7.42. The molecule has 0 amide bonds. The van der Waals surface area contributed by atoms with Crippen molar-refractivity contribution >= 4 is 17.9 Å². The van der Waals surface area contributed by atoms with Crippen molar-refractivity contribution in [2.45, 2.75) is 19.8 Å². The van der Waals surface area contributed by atoms with Crippen molar-refractivity contribution in [3.63, 3.8) is 0 Å². The number of rotatable bonds is 3. The van der Waals surface area contributed by atoms with Crippen LogP contribution in [0.15, 0.2) is 59.2 Å². The van der Waals surface area contributed by atoms with Gasteiger partial charge in [0, 0.05) is 11.1 Å². The zero-order chi connectivity index (χ0) is 16.4. The smallest absolute Gasteiger partial charge is 0.363 e. The Bertz CT molecular complexity index is 804. The van der Waals surface area contributed by atoms with E-state index in [1.807, 2.05) is 24.3 Å². The molecule has 3 rings (SSSR count). The fourth-order valence-electron chi connectivity index (χ4n) is 2.28. The molecular weight excluding hydrogens is 293 g/mol. The zero-order valence-electron chi connectivity index (χ0n) is 12.9. The lowest BCUT2D eigenvalue weighted by Gasteiger charge is -2.05. The number of aliphatic imine (C=N–C) groups is 1. The van der Waals surface area contributed by atoms with Gasteiger partial charge in [-0.2, -0.15) is 0 Å². The summed E-state index contributed by atoms with van der Waals surface area (Å²) in [5.74, 6) is -0.310. The Labute approximate surface area is 134 Å². The van der Waals surface area contributed by atoms with E-state index in [2.05, 4.69) is 18.8 Å². The number of cyclic esters (lactones) is 1. The monoisotopic (exact) mass is 309 g/mol. The maximum absolute atomic E-state index is 13.7. The van der Waals surface area contributed by atoms with Crippen LogP contribution < -0.4 is 0 Å². The predicted octanol–water partition coefficient (Wildman–Crippen LogP) is 4.29. The lowest BCUT2D eigenvalue weighted by Crippen LogP contribution is -2.05. The molecule has 0 atom stereocenters. The van der Waals surface area contributed by atoms with Gasteiger partial charge in [0.05, 0.1) is 0 Å². The van der Waals surface area contributed by atoms with Crippen LogP contribution in [0.4, 0.5) is 4.39 Å². The normalized spacial score (nSPS) is 15.9. The fraction of sp³-hybridized carbons (Fsp3) is 0.158. The largest absolute Gasteiger partial charge is 0.402 e. The van der Waals surface area contributed by atoms with Crippen molar-refractivity contribution in [2.24, 2.45) is 4.99 Å². The van der Waals surface area contributed by atoms with Crippen molar-refractivity contribution in [2.75, 3.05) is 0 Å². The third kappa shape index (κ3) is 3.21. The molecule has 3 nitrogen and oxygen atoms in total. The Morgan fingerprint density at radius 1 is 1.09 bits per heavy atom. The van der Waals surface area contributed by atoms with E-state index in [0.29, 0.717) is 11.5 Å². The molecule has 1 aliphatic heterocycles. The van der Waals surface area contributed by atoms with E-state index in [-0.39, 0.29) is 11.6 Å². The van der Waals surface area contributed by atoms with E-state index in [4.69, 9.17) is 4.74 Å². The molecule has 0 N–H and O–H groups in total. The van der Waals surface area contributed by atoms with Crippen molar-refractivity contribution < 1.29 is 13.9 Å². The van der Waals surface area contributed by atoms with E-state index in [9.17, 15) is 9.18 Å². The average molecular weight is 309 g/mol. The van der Waals surface area contributed by atoms with Crippen molar-refractivity contribution in [3.05, 3.63) is 76.7 Å². The minimum Gasteiger partial charge on any atom is -0.402 e. The number of nitrogens with zero attached hydrogens (tertiary/aromatic N) is 1. The average Bonchev–Trinajstić information content (AvgIpc) is 2.91. The first kappa shape index (κ1) is 15.2. The number of benzene rings is 2. The number of hydrogen-bond acceptors (Lipinski definition) is 3. The van der Waals surface area contributed by atoms with E-state index in [1.54, 1.807) is 18.2 Å². The molecule has 116 valence electrons. The Balaban J connectivity index is 1.91. The summed E-state index contributed by atoms with van der Waals surface area (Å²) >= 11 is 0. The molecular formula is C19H16FNO2. The van der Waals surface area contributed by atoms with Gasteiger partial charge in [-0.05, 0) is 35.8 Å². The molecule has 1 aliphatic rings. The molecule has 0 unspecified atom stereocenters. The molecule has 0 spiro atoms. The highest BCUT2D eigenvalue weighted by atomic mass is 19.1. The summed E-state index contributed by atoms with van der Waals surface area (Å²) in [6.45, 7) is 4.22. The Hall–Kier alpha value is -2.75. The first-order chi connectivity index (χ1) is 11.0. The maximum atomic E-state index is 13.7. The van der Waals surface area contributed by atoms with Crippen LogP contribution in [0.3, 0.4) is 0 Å². The second-order valence-electron chi connectivity index (χ2n) is 5.63. The van der Waals surface area contributed by atoms with Crippen LogP contribution in [0.1, 0.15) is 36.5 Å². The van der Waals surface area contributed by atoms with Gasteiger partial charge >= 0.3 is 5.97 Å². The van der Waals surface area contributed by atoms with Crippen LogP contribution in [0.2, 0.25) is 0 Å². The second kappa shape index (κ2) is 6.16. The molecule has 0 aromatic heterocycles. The fourth-order valence-corrected chi connectivity index (χ4v) is 2.28. The molecule has 0 bridgehead atoms. The number of esters is 1. The number of ether oxygens (including phenoxy) is 1. The van der Waals surface area contributed by atoms with Crippen molar-refractivity contribution in [3.8, 4) is 0 Å². The van der Waals surface area contributed by atoms with Gasteiger partial charge in [-0.25, -0.2) is 14.2 Å². The molecule has 4 heteroatoms. The summed E-state index contributed by atoms with van der Waals surface area (Å²) in [5, 5.41) is 0. The second-order valence-corrected chi connectivity index (χ2v) is 5.63. The minimum atomic E-state index is -0.573. The lowest BCUT2D eigenvalue weighted by atomic mass is 10.0. The summed E-state index contributed by atoms with van der Waals surface area (Å²) in [4.78, 5) is 16.1. The summed E-state index contributed by atoms with van der Waals surface area (Å²) in [6.07, 6.45) is 1.40. The highest BCUT2D eigenvalue weighted by Gasteiger charge is 2.24. The van der Waals surface area contributed by atoms with Gasteiger partial charge in [0.15, 0.2) is 5.70 Å². The minimum absolute atomic E-state index is 0.0954. The van der Waals surface area contributed by atoms with Crippen LogP contribution in [-0.2, 0) is 9.53 Å². The Kier molecular flexibility index (Phi) is 4.06. The standard InChI is InChI=1S/C19H16FNO2/c1-12(2)13-7-9-14(10-8-13)18-21-17(19(22)23-18)11-15-5-3-4-6-16(15)20/h3-12H,1-2H3/b17-11-. The van der Waals surface area contributed by atoms with Gasteiger partial charge in [0.25, 0.3) is 0 Å². The van der Waals surface area contributed by atoms with Gasteiger partial charge < -0.3 is 4.74 Å². The SMILES string of the molecule is CC(C)c1ccc(C2=N/C(=C\c3ccccc3F)C(=O)O2)cc1. The summed E-state index contributed by atoms with van der Waals surface area (Å²) in [5.41, 5.74) is 2.32. The Morgan fingerprint density at radius 2 is 1.78 bits per heavy atom. The highest BCUT2D eigenvalue weighted by molar-refractivity contribution is 6.12. The molecule has 0 radical (unpaired) electrons. The van der Waals surface area contributed by atoms with E-state index < -0.39 is 11.8 Å². The van der Waals surface area contributed by atoms with Gasteiger partial charge in [0.2, 0.25) is 5.90 Å². The Morgan fingerprint density at radius 3 is 2.43 bits per heavy atom. The van der Waals surface area contributed by atoms with Crippen LogP contribution in [0.5, 0.6) is 0 Å². The van der Waals surface area contributed by atoms with E-state index in [0.717, 1.165) is 5.56 Å². The molecule has 0 fully saturated rings. The molecule has 0 aliphatic carbocycles. The van der Waals surface area contributed by atoms with Crippen molar-refractivity contribution in [1.29, 1.82) is 0 Å². The number of carbonyl (C=O) groups is 1. The highest BCUT2D eigenvalue weighted by Crippen LogP contribution is 2.21. The van der Waals surface area contributed by atoms with E-state index in [1.165, 1.54) is 17.7 Å². The van der Waals surface area contributed by atoms with Crippen LogP contribution in [0, 0.1) is 5.82 Å². The maximum Gasteiger partial charge on any atom is 0.363 e. The summed E-state index contributed by atoms with van der Waals surface area (Å²) in [6, 6.07) is 13.9. The third-order valence-corrected chi connectivity index (χ3v) is 3.64. The van der Waals surface area contributed by atoms with Crippen LogP contribution in [-0.4, -0.2) is 11.9 Å². The van der Waals surface area contributed by atoms with Gasteiger partial charge in [-0.15, -0.1) is 0 Å². The van der Waals surface area contributed by atoms with Crippen LogP contribution >= 0.6 is 0 Å². The lowest BCUT2D eigenvalue weighted by molar-refractivity contribution is -0.129. The molecule has 2 aromatic carbocycles. The summed E-state index contributed by atoms with van der Waals surface area (Å²) in [7, 11) is 0. The quantitative estimate of drug-likeness (QED) is 0.626. The molecule has 0 saturated carbocycles. The number of halogens is 1.